The van der Waals surface area contributed by atoms with Gasteiger partial charge in [-0.05, 0) is 26.7 Å². The Hall–Kier alpha value is -1.65. The van der Waals surface area contributed by atoms with Crippen LogP contribution in [0.15, 0.2) is 12.3 Å². The highest BCUT2D eigenvalue weighted by Gasteiger charge is 2.03. The van der Waals surface area contributed by atoms with E-state index in [0.717, 1.165) is 31.5 Å². The van der Waals surface area contributed by atoms with Crippen molar-refractivity contribution in [3.05, 3.63) is 12.3 Å². The highest BCUT2D eigenvalue weighted by Crippen LogP contribution is 2.08. The summed E-state index contributed by atoms with van der Waals surface area (Å²) < 4.78 is 0. The van der Waals surface area contributed by atoms with Gasteiger partial charge in [0.1, 0.15) is 11.6 Å². The Morgan fingerprint density at radius 3 is 1.54 bits per heavy atom. The maximum absolute atomic E-state index is 11.2. The Morgan fingerprint density at radius 1 is 0.667 bits per heavy atom. The molecule has 0 fully saturated rings. The maximum atomic E-state index is 11.2. The van der Waals surface area contributed by atoms with Crippen molar-refractivity contribution < 1.29 is 14.4 Å². The number of Topliss-reactive ketones (excluding diaryl/α,β-unsaturated/α-hetero) is 2. The minimum Gasteiger partial charge on any atom is -0.388 e. The van der Waals surface area contributed by atoms with E-state index >= 15 is 0 Å². The van der Waals surface area contributed by atoms with E-state index in [0.29, 0.717) is 13.0 Å². The molecule has 0 saturated heterocycles. The number of ketones is 2. The quantitative estimate of drug-likeness (QED) is 0.334. The van der Waals surface area contributed by atoms with Crippen LogP contribution in [0.4, 0.5) is 0 Å². The number of hydrogen-bond acceptors (Lipinski definition) is 4. The average Bonchev–Trinajstić information content (AvgIpc) is 2.46. The van der Waals surface area contributed by atoms with Crippen LogP contribution >= 0.6 is 0 Å². The summed E-state index contributed by atoms with van der Waals surface area (Å²) in [6.07, 6.45) is 9.72. The molecule has 24 heavy (non-hydrogen) atoms. The highest BCUT2D eigenvalue weighted by molar-refractivity contribution is 5.96. The van der Waals surface area contributed by atoms with Crippen molar-refractivity contribution >= 4 is 17.5 Å². The Kier molecular flexibility index (Phi) is 13.9. The van der Waals surface area contributed by atoms with Gasteiger partial charge in [-0.1, -0.05) is 45.1 Å². The van der Waals surface area contributed by atoms with E-state index in [1.54, 1.807) is 6.92 Å². The van der Waals surface area contributed by atoms with Crippen LogP contribution in [0.25, 0.3) is 0 Å². The van der Waals surface area contributed by atoms with Crippen molar-refractivity contribution in [3.63, 3.8) is 0 Å². The lowest BCUT2D eigenvalue weighted by molar-refractivity contribution is -0.127. The molecule has 0 rings (SSSR count). The van der Waals surface area contributed by atoms with Gasteiger partial charge in [0.05, 0.1) is 6.42 Å². The zero-order valence-corrected chi connectivity index (χ0v) is 15.4. The first-order valence-electron chi connectivity index (χ1n) is 9.09. The number of allylic oxidation sites excluding steroid dienone is 1. The van der Waals surface area contributed by atoms with Gasteiger partial charge < -0.3 is 10.6 Å². The second-order valence-electron chi connectivity index (χ2n) is 6.47. The number of hydrogen-bond donors (Lipinski definition) is 2. The summed E-state index contributed by atoms with van der Waals surface area (Å²) in [5.74, 6) is -0.112. The number of carbonyl (C=O) groups is 3. The Morgan fingerprint density at radius 2 is 1.08 bits per heavy atom. The number of nitrogens with one attached hydrogen (secondary N) is 2. The largest absolute Gasteiger partial charge is 0.388 e. The second-order valence-corrected chi connectivity index (χ2v) is 6.47. The molecule has 138 valence electrons. The fourth-order valence-electron chi connectivity index (χ4n) is 2.46. The molecule has 0 saturated carbocycles. The van der Waals surface area contributed by atoms with Crippen LogP contribution in [-0.4, -0.2) is 30.6 Å². The van der Waals surface area contributed by atoms with Gasteiger partial charge in [0.25, 0.3) is 0 Å². The molecule has 0 aromatic heterocycles. The summed E-state index contributed by atoms with van der Waals surface area (Å²) in [6.45, 7) is 8.40. The van der Waals surface area contributed by atoms with Gasteiger partial charge in [-0.15, -0.1) is 0 Å². The molecule has 0 aliphatic carbocycles. The number of unbranched alkanes of at least 4 members (excludes halogenated alkanes) is 7. The molecule has 0 radical (unpaired) electrons. The first kappa shape index (κ1) is 22.4. The van der Waals surface area contributed by atoms with Crippen LogP contribution in [0.2, 0.25) is 0 Å². The van der Waals surface area contributed by atoms with Gasteiger partial charge in [0.2, 0.25) is 5.91 Å². The average molecular weight is 338 g/mol. The van der Waals surface area contributed by atoms with E-state index in [1.165, 1.54) is 39.0 Å². The molecule has 2 N–H and O–H groups in total. The van der Waals surface area contributed by atoms with Crippen LogP contribution in [0.3, 0.4) is 0 Å². The fourth-order valence-corrected chi connectivity index (χ4v) is 2.46. The van der Waals surface area contributed by atoms with Crippen LogP contribution in [0.5, 0.6) is 0 Å². The minimum atomic E-state index is -0.165. The summed E-state index contributed by atoms with van der Waals surface area (Å²) in [7, 11) is 0. The van der Waals surface area contributed by atoms with Gasteiger partial charge in [0.15, 0.2) is 0 Å². The van der Waals surface area contributed by atoms with Crippen molar-refractivity contribution in [2.45, 2.75) is 78.1 Å². The van der Waals surface area contributed by atoms with Crippen LogP contribution in [0.1, 0.15) is 78.1 Å². The molecule has 0 heterocycles. The third-order valence-corrected chi connectivity index (χ3v) is 3.67. The Labute approximate surface area is 146 Å². The lowest BCUT2D eigenvalue weighted by atomic mass is 10.1. The first-order valence-corrected chi connectivity index (χ1v) is 9.09. The van der Waals surface area contributed by atoms with Crippen LogP contribution < -0.4 is 10.6 Å². The molecule has 0 aliphatic heterocycles. The Bertz CT molecular complexity index is 367. The van der Waals surface area contributed by atoms with Crippen molar-refractivity contribution in [1.29, 1.82) is 0 Å². The molecule has 0 spiro atoms. The standard InChI is InChI=1S/C19H34N2O3/c1-16(14-17(2)22)20-12-10-8-6-4-5-7-9-11-13-21-19(24)15-18(3)23/h20H,1,4-15H2,2-3H3,(H,21,24). The first-order chi connectivity index (χ1) is 11.4. The third-order valence-electron chi connectivity index (χ3n) is 3.67. The molecule has 5 heteroatoms. The molecular weight excluding hydrogens is 304 g/mol. The molecule has 0 atom stereocenters. The minimum absolute atomic E-state index is 0.00302. The van der Waals surface area contributed by atoms with Gasteiger partial charge in [0, 0.05) is 25.2 Å². The van der Waals surface area contributed by atoms with E-state index in [9.17, 15) is 14.4 Å². The number of amides is 1. The predicted octanol–water partition coefficient (Wildman–Crippen LogP) is 3.28. The molecule has 0 bridgehead atoms. The topological polar surface area (TPSA) is 75.3 Å². The molecule has 0 aromatic carbocycles. The van der Waals surface area contributed by atoms with Gasteiger partial charge in [-0.2, -0.15) is 0 Å². The highest BCUT2D eigenvalue weighted by atomic mass is 16.2. The fraction of sp³-hybridized carbons (Fsp3) is 0.737. The predicted molar refractivity (Wildman–Crippen MR) is 97.7 cm³/mol. The summed E-state index contributed by atoms with van der Waals surface area (Å²) in [6, 6.07) is 0. The third kappa shape index (κ3) is 16.7. The summed E-state index contributed by atoms with van der Waals surface area (Å²) in [4.78, 5) is 32.9. The normalized spacial score (nSPS) is 10.2. The van der Waals surface area contributed by atoms with E-state index in [1.807, 2.05) is 0 Å². The van der Waals surface area contributed by atoms with E-state index in [2.05, 4.69) is 17.2 Å². The summed E-state index contributed by atoms with van der Waals surface area (Å²) >= 11 is 0. The van der Waals surface area contributed by atoms with Gasteiger partial charge in [-0.25, -0.2) is 0 Å². The summed E-state index contributed by atoms with van der Waals surface area (Å²) in [5, 5.41) is 5.95. The van der Waals surface area contributed by atoms with E-state index in [4.69, 9.17) is 0 Å². The van der Waals surface area contributed by atoms with Crippen molar-refractivity contribution in [1.82, 2.24) is 10.6 Å². The lowest BCUT2D eigenvalue weighted by Gasteiger charge is -2.07. The van der Waals surface area contributed by atoms with E-state index < -0.39 is 0 Å². The molecule has 1 amide bonds. The lowest BCUT2D eigenvalue weighted by Crippen LogP contribution is -2.25. The van der Waals surface area contributed by atoms with Gasteiger partial charge in [-0.3, -0.25) is 14.4 Å². The molecule has 5 nitrogen and oxygen atoms in total. The molecule has 0 unspecified atom stereocenters. The Balaban J connectivity index is 3.23. The van der Waals surface area contributed by atoms with Crippen LogP contribution in [0, 0.1) is 0 Å². The molecule has 0 aromatic rings. The SMILES string of the molecule is C=C(CC(C)=O)NCCCCCCCCCCNC(=O)CC(C)=O. The number of rotatable bonds is 16. The monoisotopic (exact) mass is 338 g/mol. The summed E-state index contributed by atoms with van der Waals surface area (Å²) in [5.41, 5.74) is 0.817. The van der Waals surface area contributed by atoms with Crippen molar-refractivity contribution in [2.75, 3.05) is 13.1 Å². The van der Waals surface area contributed by atoms with Crippen molar-refractivity contribution in [2.24, 2.45) is 0 Å². The molecule has 0 aliphatic rings. The zero-order chi connectivity index (χ0) is 18.2. The maximum Gasteiger partial charge on any atom is 0.227 e. The molecular formula is C19H34N2O3. The van der Waals surface area contributed by atoms with Crippen LogP contribution in [-0.2, 0) is 14.4 Å². The second kappa shape index (κ2) is 14.9. The van der Waals surface area contributed by atoms with E-state index in [-0.39, 0.29) is 23.9 Å². The van der Waals surface area contributed by atoms with Crippen molar-refractivity contribution in [3.8, 4) is 0 Å². The zero-order valence-electron chi connectivity index (χ0n) is 15.4. The number of carbonyl (C=O) groups excluding carboxylic acids is 3. The smallest absolute Gasteiger partial charge is 0.227 e. The van der Waals surface area contributed by atoms with Gasteiger partial charge >= 0.3 is 0 Å².